The number of urea groups is 1. The van der Waals surface area contributed by atoms with Crippen molar-refractivity contribution in [2.24, 2.45) is 0 Å². The van der Waals surface area contributed by atoms with Crippen molar-refractivity contribution in [1.82, 2.24) is 15.3 Å². The number of anilines is 1. The molecule has 2 amide bonds. The van der Waals surface area contributed by atoms with Crippen molar-refractivity contribution >= 4 is 44.9 Å². The second kappa shape index (κ2) is 7.73. The molecule has 0 aliphatic carbocycles. The molecule has 0 unspecified atom stereocenters. The van der Waals surface area contributed by atoms with Crippen molar-refractivity contribution in [1.29, 1.82) is 0 Å². The molecule has 27 heavy (non-hydrogen) atoms. The largest absolute Gasteiger partial charge is 0.334 e. The molecule has 0 aliphatic rings. The highest BCUT2D eigenvalue weighted by molar-refractivity contribution is 7.21. The highest BCUT2D eigenvalue weighted by Gasteiger charge is 2.12. The molecule has 0 atom stereocenters. The van der Waals surface area contributed by atoms with Crippen LogP contribution in [0.15, 0.2) is 66.9 Å². The number of para-hydroxylation sites is 2. The van der Waals surface area contributed by atoms with E-state index in [0.717, 1.165) is 26.4 Å². The average Bonchev–Trinajstić information content (AvgIpc) is 3.12. The lowest BCUT2D eigenvalue weighted by atomic mass is 10.2. The number of carbonyl (C=O) groups excluding carboxylic acids is 1. The lowest BCUT2D eigenvalue weighted by Gasteiger charge is -2.10. The number of rotatable bonds is 4. The van der Waals surface area contributed by atoms with Crippen LogP contribution in [0.1, 0.15) is 5.56 Å². The second-order valence-corrected chi connectivity index (χ2v) is 7.25. The zero-order valence-electron chi connectivity index (χ0n) is 14.1. The third kappa shape index (κ3) is 4.07. The van der Waals surface area contributed by atoms with E-state index < -0.39 is 0 Å². The Morgan fingerprint density at radius 3 is 2.67 bits per heavy atom. The van der Waals surface area contributed by atoms with Crippen LogP contribution in [0, 0.1) is 0 Å². The van der Waals surface area contributed by atoms with E-state index >= 15 is 0 Å². The average molecular weight is 395 g/mol. The van der Waals surface area contributed by atoms with Gasteiger partial charge in [-0.2, -0.15) is 0 Å². The van der Waals surface area contributed by atoms with Gasteiger partial charge in [0, 0.05) is 18.3 Å². The van der Waals surface area contributed by atoms with Crippen LogP contribution in [0.2, 0.25) is 5.15 Å². The van der Waals surface area contributed by atoms with Crippen LogP contribution in [0.4, 0.5) is 10.5 Å². The van der Waals surface area contributed by atoms with Crippen molar-refractivity contribution < 1.29 is 4.79 Å². The van der Waals surface area contributed by atoms with Gasteiger partial charge in [-0.25, -0.2) is 14.8 Å². The molecule has 4 aromatic rings. The van der Waals surface area contributed by atoms with Gasteiger partial charge < -0.3 is 10.6 Å². The van der Waals surface area contributed by atoms with E-state index in [1.54, 1.807) is 23.6 Å². The van der Waals surface area contributed by atoms with Gasteiger partial charge >= 0.3 is 6.03 Å². The lowest BCUT2D eigenvalue weighted by Crippen LogP contribution is -2.28. The van der Waals surface area contributed by atoms with Gasteiger partial charge in [0.25, 0.3) is 0 Å². The monoisotopic (exact) mass is 394 g/mol. The zero-order chi connectivity index (χ0) is 18.6. The number of aromatic nitrogens is 2. The first-order valence-electron chi connectivity index (χ1n) is 8.29. The molecule has 0 saturated heterocycles. The second-order valence-electron chi connectivity index (χ2n) is 5.83. The number of carbonyl (C=O) groups is 1. The molecule has 2 N–H and O–H groups in total. The zero-order valence-corrected chi connectivity index (χ0v) is 15.7. The summed E-state index contributed by atoms with van der Waals surface area (Å²) >= 11 is 7.37. The molecule has 4 rings (SSSR count). The first kappa shape index (κ1) is 17.5. The molecular formula is C20H15ClN4OS. The highest BCUT2D eigenvalue weighted by atomic mass is 35.5. The Kier molecular flexibility index (Phi) is 5.00. The summed E-state index contributed by atoms with van der Waals surface area (Å²) in [7, 11) is 0. The number of amides is 2. The molecule has 0 fully saturated rings. The van der Waals surface area contributed by atoms with Gasteiger partial charge in [0.2, 0.25) is 0 Å². The van der Waals surface area contributed by atoms with E-state index in [4.69, 9.17) is 11.6 Å². The maximum absolute atomic E-state index is 12.3. The van der Waals surface area contributed by atoms with E-state index in [1.165, 1.54) is 0 Å². The van der Waals surface area contributed by atoms with E-state index in [9.17, 15) is 4.79 Å². The van der Waals surface area contributed by atoms with Crippen LogP contribution in [0.5, 0.6) is 0 Å². The summed E-state index contributed by atoms with van der Waals surface area (Å²) in [6.07, 6.45) is 1.64. The minimum absolute atomic E-state index is 0.293. The Morgan fingerprint density at radius 2 is 1.85 bits per heavy atom. The number of halogens is 1. The summed E-state index contributed by atoms with van der Waals surface area (Å²) in [5, 5.41) is 7.02. The number of benzene rings is 2. The molecule has 2 aromatic heterocycles. The van der Waals surface area contributed by atoms with Crippen LogP contribution in [0.25, 0.3) is 20.8 Å². The maximum atomic E-state index is 12.3. The number of thiazole rings is 1. The fourth-order valence-electron chi connectivity index (χ4n) is 2.63. The Hall–Kier alpha value is -2.96. The molecular weight excluding hydrogens is 380 g/mol. The molecule has 5 nitrogen and oxygen atoms in total. The molecule has 2 aromatic carbocycles. The van der Waals surface area contributed by atoms with Gasteiger partial charge in [-0.15, -0.1) is 11.3 Å². The molecule has 0 bridgehead atoms. The highest BCUT2D eigenvalue weighted by Crippen LogP contribution is 2.34. The van der Waals surface area contributed by atoms with E-state index in [-0.39, 0.29) is 6.03 Å². The van der Waals surface area contributed by atoms with E-state index in [0.29, 0.717) is 17.4 Å². The summed E-state index contributed by atoms with van der Waals surface area (Å²) in [6.45, 7) is 0.360. The SMILES string of the molecule is O=C(NCc1ccc(Cl)nc1)Nc1ccccc1-c1nc2ccccc2s1. The minimum atomic E-state index is -0.293. The van der Waals surface area contributed by atoms with Gasteiger partial charge in [0.05, 0.1) is 15.9 Å². The Labute approximate surface area is 165 Å². The Morgan fingerprint density at radius 1 is 1.04 bits per heavy atom. The molecule has 7 heteroatoms. The van der Waals surface area contributed by atoms with E-state index in [1.807, 2.05) is 54.6 Å². The number of pyridine rings is 1. The van der Waals surface area contributed by atoms with Crippen LogP contribution in [0.3, 0.4) is 0 Å². The number of nitrogens with zero attached hydrogens (tertiary/aromatic N) is 2. The number of hydrogen-bond acceptors (Lipinski definition) is 4. The standard InChI is InChI=1S/C20H15ClN4OS/c21-18-10-9-13(11-22-18)12-23-20(26)25-15-6-2-1-5-14(15)19-24-16-7-3-4-8-17(16)27-19/h1-11H,12H2,(H2,23,25,26). The van der Waals surface area contributed by atoms with Crippen LogP contribution in [-0.4, -0.2) is 16.0 Å². The van der Waals surface area contributed by atoms with Crippen LogP contribution in [-0.2, 0) is 6.54 Å². The first-order chi connectivity index (χ1) is 13.2. The minimum Gasteiger partial charge on any atom is -0.334 e. The predicted octanol–water partition coefficient (Wildman–Crippen LogP) is 5.33. The van der Waals surface area contributed by atoms with Crippen molar-refractivity contribution in [3.63, 3.8) is 0 Å². The van der Waals surface area contributed by atoms with Crippen LogP contribution < -0.4 is 10.6 Å². The fourth-order valence-corrected chi connectivity index (χ4v) is 3.74. The topological polar surface area (TPSA) is 66.9 Å². The van der Waals surface area contributed by atoms with Gasteiger partial charge in [-0.05, 0) is 35.9 Å². The molecule has 134 valence electrons. The van der Waals surface area contributed by atoms with Crippen LogP contribution >= 0.6 is 22.9 Å². The third-order valence-corrected chi connectivity index (χ3v) is 5.23. The molecule has 0 saturated carbocycles. The first-order valence-corrected chi connectivity index (χ1v) is 9.49. The molecule has 2 heterocycles. The molecule has 0 spiro atoms. The summed E-state index contributed by atoms with van der Waals surface area (Å²) in [5.41, 5.74) is 3.42. The van der Waals surface area contributed by atoms with Crippen molar-refractivity contribution in [2.45, 2.75) is 6.54 Å². The lowest BCUT2D eigenvalue weighted by molar-refractivity contribution is 0.251. The maximum Gasteiger partial charge on any atom is 0.319 e. The molecule has 0 aliphatic heterocycles. The number of nitrogens with one attached hydrogen (secondary N) is 2. The van der Waals surface area contributed by atoms with E-state index in [2.05, 4.69) is 20.6 Å². The summed E-state index contributed by atoms with van der Waals surface area (Å²) < 4.78 is 1.11. The van der Waals surface area contributed by atoms with Gasteiger partial charge in [0.1, 0.15) is 10.2 Å². The summed E-state index contributed by atoms with van der Waals surface area (Å²) in [5.74, 6) is 0. The summed E-state index contributed by atoms with van der Waals surface area (Å²) in [6, 6.07) is 18.9. The smallest absolute Gasteiger partial charge is 0.319 e. The van der Waals surface area contributed by atoms with Crippen molar-refractivity contribution in [3.8, 4) is 10.6 Å². The Bertz CT molecular complexity index is 1060. The van der Waals surface area contributed by atoms with Gasteiger partial charge in [-0.1, -0.05) is 41.9 Å². The third-order valence-electron chi connectivity index (χ3n) is 3.94. The normalized spacial score (nSPS) is 10.7. The fraction of sp³-hybridized carbons (Fsp3) is 0.0500. The Balaban J connectivity index is 1.50. The predicted molar refractivity (Wildman–Crippen MR) is 110 cm³/mol. The quantitative estimate of drug-likeness (QED) is 0.459. The van der Waals surface area contributed by atoms with Crippen molar-refractivity contribution in [3.05, 3.63) is 77.6 Å². The number of hydrogen-bond donors (Lipinski definition) is 2. The number of fused-ring (bicyclic) bond motifs is 1. The summed E-state index contributed by atoms with van der Waals surface area (Å²) in [4.78, 5) is 21.0. The molecule has 0 radical (unpaired) electrons. The van der Waals surface area contributed by atoms with Gasteiger partial charge in [-0.3, -0.25) is 0 Å². The van der Waals surface area contributed by atoms with Gasteiger partial charge in [0.15, 0.2) is 0 Å². The van der Waals surface area contributed by atoms with Crippen molar-refractivity contribution in [2.75, 3.05) is 5.32 Å².